The predicted octanol–water partition coefficient (Wildman–Crippen LogP) is 9.28. The summed E-state index contributed by atoms with van der Waals surface area (Å²) in [6.07, 6.45) is 8.13. The van der Waals surface area contributed by atoms with Gasteiger partial charge in [0.25, 0.3) is 0 Å². The highest BCUT2D eigenvalue weighted by Crippen LogP contribution is 2.72. The molecule has 0 N–H and O–H groups in total. The van der Waals surface area contributed by atoms with E-state index in [1.165, 1.54) is 7.11 Å². The number of pyridine rings is 1. The van der Waals surface area contributed by atoms with E-state index < -0.39 is 34.7 Å². The van der Waals surface area contributed by atoms with Crippen molar-refractivity contribution in [2.45, 2.75) is 164 Å². The molecule has 1 aromatic carbocycles. The maximum atomic E-state index is 14.2. The molecule has 4 fully saturated rings. The van der Waals surface area contributed by atoms with Crippen LogP contribution in [0.1, 0.15) is 152 Å². The average Bonchev–Trinajstić information content (AvgIpc) is 3.53. The van der Waals surface area contributed by atoms with E-state index in [9.17, 15) is 19.2 Å². The van der Waals surface area contributed by atoms with Gasteiger partial charge in [0, 0.05) is 55.6 Å². The van der Waals surface area contributed by atoms with Crippen LogP contribution in [0, 0.1) is 23.2 Å². The van der Waals surface area contributed by atoms with Gasteiger partial charge in [-0.05, 0) is 160 Å². The van der Waals surface area contributed by atoms with Gasteiger partial charge in [-0.25, -0.2) is 24.2 Å². The molecule has 2 aromatic heterocycles. The third-order valence-electron chi connectivity index (χ3n) is 13.4. The minimum absolute atomic E-state index is 0.0618. The van der Waals surface area contributed by atoms with E-state index in [4.69, 9.17) is 38.5 Å². The van der Waals surface area contributed by atoms with E-state index in [1.807, 2.05) is 64.8 Å². The fraction of sp³-hybridized carbons (Fsp3) is 0.654. The molecule has 15 nitrogen and oxygen atoms in total. The molecule has 0 radical (unpaired) electrons. The first-order valence-corrected chi connectivity index (χ1v) is 23.7. The number of carbonyl (C=O) groups excluding carboxylic acids is 4. The van der Waals surface area contributed by atoms with E-state index in [0.717, 1.165) is 55.3 Å². The summed E-state index contributed by atoms with van der Waals surface area (Å²) in [6, 6.07) is 7.14. The minimum Gasteiger partial charge on any atom is -0.482 e. The summed E-state index contributed by atoms with van der Waals surface area (Å²) in [5, 5.41) is 5.01. The first-order chi connectivity index (χ1) is 31.0. The van der Waals surface area contributed by atoms with Crippen molar-refractivity contribution in [3.8, 4) is 16.9 Å². The number of likely N-dealkylation sites (N-methyl/N-ethyl adjacent to an activating group) is 1. The number of ether oxygens (including phenoxy) is 6. The summed E-state index contributed by atoms with van der Waals surface area (Å²) >= 11 is 0. The van der Waals surface area contributed by atoms with Crippen molar-refractivity contribution in [2.75, 3.05) is 45.4 Å². The van der Waals surface area contributed by atoms with Gasteiger partial charge >= 0.3 is 24.0 Å². The van der Waals surface area contributed by atoms with Gasteiger partial charge in [-0.15, -0.1) is 0 Å². The van der Waals surface area contributed by atoms with Crippen molar-refractivity contribution in [1.82, 2.24) is 19.7 Å². The van der Waals surface area contributed by atoms with Crippen LogP contribution < -0.4 is 9.64 Å². The molecule has 0 saturated heterocycles. The highest BCUT2D eigenvalue weighted by molar-refractivity contribution is 5.96. The van der Waals surface area contributed by atoms with Crippen molar-refractivity contribution in [3.05, 3.63) is 58.5 Å². The number of rotatable bonds is 13. The summed E-state index contributed by atoms with van der Waals surface area (Å²) in [5.74, 6) is -0.525. The second-order valence-corrected chi connectivity index (χ2v) is 23.6. The van der Waals surface area contributed by atoms with Crippen molar-refractivity contribution in [2.24, 2.45) is 16.2 Å². The molecule has 0 spiro atoms. The molecule has 8 rings (SSSR count). The van der Waals surface area contributed by atoms with Gasteiger partial charge < -0.3 is 38.2 Å². The highest BCUT2D eigenvalue weighted by atomic mass is 16.6. The lowest BCUT2D eigenvalue weighted by Gasteiger charge is -2.69. The zero-order valence-corrected chi connectivity index (χ0v) is 42.4. The van der Waals surface area contributed by atoms with Gasteiger partial charge in [-0.3, -0.25) is 4.68 Å². The monoisotopic (exact) mass is 928 g/mol. The number of amides is 1. The molecule has 2 unspecified atom stereocenters. The molecular formula is C52H73N5O10. The molecule has 4 aliphatic carbocycles. The summed E-state index contributed by atoms with van der Waals surface area (Å²) in [7, 11) is 3.10. The Balaban J connectivity index is 1.15. The number of fused-ring (bicyclic) bond motifs is 1. The molecule has 5 aliphatic rings. The summed E-state index contributed by atoms with van der Waals surface area (Å²) in [4.78, 5) is 61.2. The van der Waals surface area contributed by atoms with Gasteiger partial charge in [-0.1, -0.05) is 13.8 Å². The molecule has 1 aliphatic heterocycles. The van der Waals surface area contributed by atoms with Crippen molar-refractivity contribution in [3.63, 3.8) is 0 Å². The maximum absolute atomic E-state index is 14.2. The van der Waals surface area contributed by atoms with Crippen LogP contribution in [0.2, 0.25) is 0 Å². The van der Waals surface area contributed by atoms with Crippen LogP contribution in [-0.2, 0) is 48.0 Å². The number of esters is 3. The lowest BCUT2D eigenvalue weighted by Crippen LogP contribution is -2.64. The third-order valence-corrected chi connectivity index (χ3v) is 13.4. The predicted molar refractivity (Wildman–Crippen MR) is 253 cm³/mol. The summed E-state index contributed by atoms with van der Waals surface area (Å²) in [6.45, 7) is 25.4. The lowest BCUT2D eigenvalue weighted by atomic mass is 9.39. The van der Waals surface area contributed by atoms with Crippen LogP contribution in [0.5, 0.6) is 5.75 Å². The second-order valence-electron chi connectivity index (χ2n) is 23.6. The quantitative estimate of drug-likeness (QED) is 0.118. The van der Waals surface area contributed by atoms with Gasteiger partial charge in [-0.2, -0.15) is 5.10 Å². The number of nitrogens with zero attached hydrogens (tertiary/aromatic N) is 5. The lowest BCUT2D eigenvalue weighted by molar-refractivity contribution is -0.248. The Kier molecular flexibility index (Phi) is 13.2. The topological polar surface area (TPSA) is 161 Å². The highest BCUT2D eigenvalue weighted by Gasteiger charge is 2.66. The third kappa shape index (κ3) is 11.2. The van der Waals surface area contributed by atoms with Crippen molar-refractivity contribution >= 4 is 29.8 Å². The number of hydrogen-bond acceptors (Lipinski definition) is 13. The van der Waals surface area contributed by atoms with Crippen LogP contribution in [0.4, 0.5) is 10.6 Å². The van der Waals surface area contributed by atoms with Crippen LogP contribution in [0.25, 0.3) is 11.1 Å². The molecule has 3 aromatic rings. The first-order valence-electron chi connectivity index (χ1n) is 23.7. The number of benzene rings is 1. The fourth-order valence-corrected chi connectivity index (χ4v) is 12.3. The zero-order chi connectivity index (χ0) is 49.1. The Morgan fingerprint density at radius 3 is 2.06 bits per heavy atom. The SMILES string of the molecule is COC(=O)c1ccc(OCC(=O)OC(C)(C)C)c2c1CN(c1ccc(-c3cnn(CC45CC6(C)CC(C)(C4)CC(OCCN(C)C(=O)OC(C)(C)C)(C6)C5)c3C)c(C(=O)OC(C)(C)C)n1)CC2. The van der Waals surface area contributed by atoms with Crippen LogP contribution in [0.3, 0.4) is 0 Å². The van der Waals surface area contributed by atoms with E-state index in [2.05, 4.69) is 25.5 Å². The normalized spacial score (nSPS) is 24.5. The van der Waals surface area contributed by atoms with Gasteiger partial charge in [0.15, 0.2) is 12.3 Å². The molecule has 4 bridgehead atoms. The molecule has 2 atom stereocenters. The molecule has 1 amide bonds. The number of aromatic nitrogens is 3. The largest absolute Gasteiger partial charge is 0.482 e. The van der Waals surface area contributed by atoms with Crippen LogP contribution in [0.15, 0.2) is 30.5 Å². The Labute approximate surface area is 396 Å². The fourth-order valence-electron chi connectivity index (χ4n) is 12.3. The number of methoxy groups -OCH3 is 1. The van der Waals surface area contributed by atoms with E-state index in [-0.39, 0.29) is 46.8 Å². The second kappa shape index (κ2) is 17.7. The maximum Gasteiger partial charge on any atom is 0.410 e. The number of hydrogen-bond donors (Lipinski definition) is 0. The summed E-state index contributed by atoms with van der Waals surface area (Å²) < 4.78 is 37.2. The van der Waals surface area contributed by atoms with Gasteiger partial charge in [0.05, 0.1) is 31.1 Å². The van der Waals surface area contributed by atoms with Crippen LogP contribution >= 0.6 is 0 Å². The molecule has 4 saturated carbocycles. The molecule has 3 heterocycles. The van der Waals surface area contributed by atoms with Crippen molar-refractivity contribution in [1.29, 1.82) is 0 Å². The summed E-state index contributed by atoms with van der Waals surface area (Å²) in [5.41, 5.74) is 2.19. The Hall–Kier alpha value is -5.18. The molecule has 15 heteroatoms. The van der Waals surface area contributed by atoms with Crippen molar-refractivity contribution < 1.29 is 47.6 Å². The van der Waals surface area contributed by atoms with Gasteiger partial charge in [0.2, 0.25) is 0 Å². The first kappa shape index (κ1) is 49.7. The standard InChI is InChI=1S/C52H73N5O10/c1-33-37(23-53-57(33)32-51-27-49(11)26-50(12,28-51)30-52(29-49,31-51)64-22-21-55(13)45(61)67-48(8,9)10)35-16-18-40(54-42(35)44(60)66-47(5,6)7)56-20-19-34-38(24-56)36(43(59)62-14)15-17-39(34)63-25-41(58)65-46(2,3)4/h15-18,23H,19-22,24-32H2,1-14H3. The molecule has 67 heavy (non-hydrogen) atoms. The smallest absolute Gasteiger partial charge is 0.410 e. The average molecular weight is 928 g/mol. The number of anilines is 1. The Bertz CT molecular complexity index is 2390. The number of carbonyl (C=O) groups is 4. The van der Waals surface area contributed by atoms with Gasteiger partial charge in [0.1, 0.15) is 28.4 Å². The van der Waals surface area contributed by atoms with E-state index >= 15 is 0 Å². The van der Waals surface area contributed by atoms with Crippen LogP contribution in [-0.4, -0.2) is 107 Å². The van der Waals surface area contributed by atoms with E-state index in [0.29, 0.717) is 60.9 Å². The Morgan fingerprint density at radius 1 is 0.776 bits per heavy atom. The van der Waals surface area contributed by atoms with E-state index in [1.54, 1.807) is 44.9 Å². The zero-order valence-electron chi connectivity index (χ0n) is 42.4. The Morgan fingerprint density at radius 2 is 1.43 bits per heavy atom. The molecule has 366 valence electrons. The minimum atomic E-state index is -0.783. The molecular weight excluding hydrogens is 855 g/mol.